The van der Waals surface area contributed by atoms with E-state index in [4.69, 9.17) is 0 Å². The van der Waals surface area contributed by atoms with Crippen LogP contribution in [0.1, 0.15) is 5.56 Å². The number of nitrogens with one attached hydrogen (secondary N) is 1. The van der Waals surface area contributed by atoms with Crippen LogP contribution >= 0.6 is 24.0 Å². The molecule has 1 amide bonds. The average molecular weight is 237 g/mol. The third-order valence-corrected chi connectivity index (χ3v) is 3.48. The van der Waals surface area contributed by atoms with Gasteiger partial charge < -0.3 is 5.32 Å². The Morgan fingerprint density at radius 1 is 1.40 bits per heavy atom. The van der Waals surface area contributed by atoms with Crippen LogP contribution in [-0.2, 0) is 11.3 Å². The van der Waals surface area contributed by atoms with E-state index >= 15 is 0 Å². The lowest BCUT2D eigenvalue weighted by Gasteiger charge is -2.01. The SMILES string of the molecule is O=C(CS)NCc1csc2ccccc12. The number of amides is 1. The predicted octanol–water partition coefficient (Wildman–Crippen LogP) is 2.45. The van der Waals surface area contributed by atoms with Gasteiger partial charge in [0.25, 0.3) is 0 Å². The maximum absolute atomic E-state index is 11.1. The molecule has 4 heteroatoms. The minimum absolute atomic E-state index is 0.0337. The van der Waals surface area contributed by atoms with Gasteiger partial charge in [0.2, 0.25) is 5.91 Å². The molecule has 0 atom stereocenters. The van der Waals surface area contributed by atoms with Gasteiger partial charge in [-0.3, -0.25) is 4.79 Å². The Balaban J connectivity index is 2.18. The summed E-state index contributed by atoms with van der Waals surface area (Å²) in [5, 5.41) is 6.13. The van der Waals surface area contributed by atoms with E-state index in [1.165, 1.54) is 15.6 Å². The van der Waals surface area contributed by atoms with Gasteiger partial charge in [-0.25, -0.2) is 0 Å². The van der Waals surface area contributed by atoms with Crippen LogP contribution in [0.2, 0.25) is 0 Å². The highest BCUT2D eigenvalue weighted by Crippen LogP contribution is 2.25. The number of carbonyl (C=O) groups is 1. The molecule has 0 aliphatic carbocycles. The molecule has 2 aromatic rings. The third kappa shape index (κ3) is 2.33. The summed E-state index contributed by atoms with van der Waals surface area (Å²) in [6, 6.07) is 8.20. The zero-order valence-electron chi connectivity index (χ0n) is 8.06. The monoisotopic (exact) mass is 237 g/mol. The number of carbonyl (C=O) groups excluding carboxylic acids is 1. The fraction of sp³-hybridized carbons (Fsp3) is 0.182. The molecule has 0 aliphatic rings. The van der Waals surface area contributed by atoms with Crippen molar-refractivity contribution in [2.75, 3.05) is 5.75 Å². The second kappa shape index (κ2) is 4.68. The van der Waals surface area contributed by atoms with Crippen molar-refractivity contribution in [3.8, 4) is 0 Å². The molecule has 78 valence electrons. The number of benzene rings is 1. The first kappa shape index (κ1) is 10.5. The van der Waals surface area contributed by atoms with Gasteiger partial charge in [-0.15, -0.1) is 11.3 Å². The van der Waals surface area contributed by atoms with Gasteiger partial charge in [-0.2, -0.15) is 12.6 Å². The molecule has 2 nitrogen and oxygen atoms in total. The highest BCUT2D eigenvalue weighted by Gasteiger charge is 2.04. The predicted molar refractivity (Wildman–Crippen MR) is 67.5 cm³/mol. The van der Waals surface area contributed by atoms with Crippen LogP contribution in [0.5, 0.6) is 0 Å². The zero-order valence-corrected chi connectivity index (χ0v) is 9.78. The number of thiol groups is 1. The summed E-state index contributed by atoms with van der Waals surface area (Å²) in [7, 11) is 0. The van der Waals surface area contributed by atoms with Crippen molar-refractivity contribution >= 4 is 40.0 Å². The summed E-state index contributed by atoms with van der Waals surface area (Å²) in [5.41, 5.74) is 1.17. The zero-order chi connectivity index (χ0) is 10.7. The summed E-state index contributed by atoms with van der Waals surface area (Å²) in [5.74, 6) is 0.204. The van der Waals surface area contributed by atoms with E-state index in [2.05, 4.69) is 35.5 Å². The smallest absolute Gasteiger partial charge is 0.229 e. The molecule has 0 fully saturated rings. The van der Waals surface area contributed by atoms with E-state index < -0.39 is 0 Å². The van der Waals surface area contributed by atoms with E-state index in [9.17, 15) is 4.79 Å². The van der Waals surface area contributed by atoms with Gasteiger partial charge in [-0.05, 0) is 22.4 Å². The average Bonchev–Trinajstić information content (AvgIpc) is 2.69. The molecule has 1 heterocycles. The molecular weight excluding hydrogens is 226 g/mol. The number of fused-ring (bicyclic) bond motifs is 1. The van der Waals surface area contributed by atoms with E-state index in [0.29, 0.717) is 6.54 Å². The van der Waals surface area contributed by atoms with Crippen molar-refractivity contribution in [2.24, 2.45) is 0 Å². The summed E-state index contributed by atoms with van der Waals surface area (Å²) < 4.78 is 1.26. The lowest BCUT2D eigenvalue weighted by Crippen LogP contribution is -2.23. The molecule has 15 heavy (non-hydrogen) atoms. The normalized spacial score (nSPS) is 10.5. The van der Waals surface area contributed by atoms with Gasteiger partial charge in [0, 0.05) is 11.2 Å². The van der Waals surface area contributed by atoms with Crippen LogP contribution in [-0.4, -0.2) is 11.7 Å². The minimum Gasteiger partial charge on any atom is -0.351 e. The third-order valence-electron chi connectivity index (χ3n) is 2.18. The van der Waals surface area contributed by atoms with E-state index in [0.717, 1.165) is 0 Å². The quantitative estimate of drug-likeness (QED) is 0.789. The molecule has 0 saturated heterocycles. The molecule has 0 aliphatic heterocycles. The lowest BCUT2D eigenvalue weighted by molar-refractivity contribution is -0.118. The first-order chi connectivity index (χ1) is 7.31. The second-order valence-corrected chi connectivity index (χ2v) is 4.42. The Morgan fingerprint density at radius 3 is 3.00 bits per heavy atom. The van der Waals surface area contributed by atoms with Crippen molar-refractivity contribution in [1.29, 1.82) is 0 Å². The maximum atomic E-state index is 11.1. The Kier molecular flexibility index (Phi) is 3.28. The van der Waals surface area contributed by atoms with E-state index in [1.54, 1.807) is 11.3 Å². The summed E-state index contributed by atoms with van der Waals surface area (Å²) in [6.07, 6.45) is 0. The fourth-order valence-electron chi connectivity index (χ4n) is 1.42. The van der Waals surface area contributed by atoms with Crippen LogP contribution in [0.15, 0.2) is 29.6 Å². The molecule has 2 rings (SSSR count). The number of rotatable bonds is 3. The van der Waals surface area contributed by atoms with Gasteiger partial charge in [0.05, 0.1) is 5.75 Å². The Morgan fingerprint density at radius 2 is 2.20 bits per heavy atom. The fourth-order valence-corrected chi connectivity index (χ4v) is 2.49. The van der Waals surface area contributed by atoms with E-state index in [-0.39, 0.29) is 11.7 Å². The van der Waals surface area contributed by atoms with Gasteiger partial charge in [0.15, 0.2) is 0 Å². The molecule has 0 radical (unpaired) electrons. The Labute approximate surface area is 97.7 Å². The summed E-state index contributed by atoms with van der Waals surface area (Å²) >= 11 is 5.61. The van der Waals surface area contributed by atoms with Crippen LogP contribution in [0.25, 0.3) is 10.1 Å². The molecule has 1 aromatic carbocycles. The highest BCUT2D eigenvalue weighted by molar-refractivity contribution is 7.81. The molecule has 0 unspecified atom stereocenters. The first-order valence-corrected chi connectivity index (χ1v) is 6.15. The van der Waals surface area contributed by atoms with Crippen molar-refractivity contribution in [1.82, 2.24) is 5.32 Å². The van der Waals surface area contributed by atoms with Crippen molar-refractivity contribution in [2.45, 2.75) is 6.54 Å². The number of thiophene rings is 1. The van der Waals surface area contributed by atoms with Gasteiger partial charge in [-0.1, -0.05) is 18.2 Å². The maximum Gasteiger partial charge on any atom is 0.229 e. The lowest BCUT2D eigenvalue weighted by atomic mass is 10.2. The van der Waals surface area contributed by atoms with Crippen LogP contribution < -0.4 is 5.32 Å². The van der Waals surface area contributed by atoms with Crippen molar-refractivity contribution in [3.05, 3.63) is 35.2 Å². The van der Waals surface area contributed by atoms with Gasteiger partial charge in [0.1, 0.15) is 0 Å². The molecular formula is C11H11NOS2. The topological polar surface area (TPSA) is 29.1 Å². The summed E-state index contributed by atoms with van der Waals surface area (Å²) in [6.45, 7) is 0.587. The number of hydrogen-bond acceptors (Lipinski definition) is 3. The molecule has 1 N–H and O–H groups in total. The minimum atomic E-state index is -0.0337. The summed E-state index contributed by atoms with van der Waals surface area (Å²) in [4.78, 5) is 11.1. The van der Waals surface area contributed by atoms with Gasteiger partial charge >= 0.3 is 0 Å². The number of hydrogen-bond donors (Lipinski definition) is 2. The standard InChI is InChI=1S/C11H11NOS2/c13-11(6-14)12-5-8-7-15-10-4-2-1-3-9(8)10/h1-4,7,14H,5-6H2,(H,12,13). The highest BCUT2D eigenvalue weighted by atomic mass is 32.1. The van der Waals surface area contributed by atoms with Crippen LogP contribution in [0.3, 0.4) is 0 Å². The Bertz CT molecular complexity index is 478. The Hall–Kier alpha value is -1.00. The van der Waals surface area contributed by atoms with Crippen LogP contribution in [0.4, 0.5) is 0 Å². The largest absolute Gasteiger partial charge is 0.351 e. The van der Waals surface area contributed by atoms with Crippen molar-refractivity contribution in [3.63, 3.8) is 0 Å². The second-order valence-electron chi connectivity index (χ2n) is 3.19. The van der Waals surface area contributed by atoms with Crippen LogP contribution in [0, 0.1) is 0 Å². The molecule has 0 bridgehead atoms. The first-order valence-electron chi connectivity index (χ1n) is 4.64. The molecule has 0 saturated carbocycles. The van der Waals surface area contributed by atoms with E-state index in [1.807, 2.05) is 12.1 Å². The van der Waals surface area contributed by atoms with Crippen molar-refractivity contribution < 1.29 is 4.79 Å². The molecule has 1 aromatic heterocycles. The molecule has 0 spiro atoms.